The highest BCUT2D eigenvalue weighted by atomic mass is 127. The molecule has 0 bridgehead atoms. The Morgan fingerprint density at radius 1 is 1.67 bits per heavy atom. The van der Waals surface area contributed by atoms with Crippen molar-refractivity contribution in [3.05, 3.63) is 25.7 Å². The minimum absolute atomic E-state index is 0.105. The number of nitrogens with zero attached hydrogens (tertiary/aromatic N) is 1. The van der Waals surface area contributed by atoms with Crippen molar-refractivity contribution in [1.82, 2.24) is 5.43 Å². The average molecular weight is 384 g/mol. The number of aromatic hydroxyl groups is 1. The summed E-state index contributed by atoms with van der Waals surface area (Å²) in [5, 5.41) is 13.2. The molecule has 0 saturated carbocycles. The van der Waals surface area contributed by atoms with Crippen LogP contribution < -0.4 is 11.2 Å². The Hall–Kier alpha value is -0.830. The lowest BCUT2D eigenvalue weighted by molar-refractivity contribution is 0.249. The summed E-state index contributed by atoms with van der Waals surface area (Å²) in [5.74, 6) is 0.105. The zero-order valence-corrected chi connectivity index (χ0v) is 11.1. The van der Waals surface area contributed by atoms with E-state index in [1.807, 2.05) is 28.0 Å². The van der Waals surface area contributed by atoms with E-state index in [4.69, 9.17) is 5.73 Å². The van der Waals surface area contributed by atoms with Crippen molar-refractivity contribution in [2.24, 2.45) is 10.8 Å². The molecular formula is C8H7BrIN3O2. The maximum atomic E-state index is 10.3. The maximum absolute atomic E-state index is 10.3. The summed E-state index contributed by atoms with van der Waals surface area (Å²) in [6.45, 7) is 0. The first-order valence-corrected chi connectivity index (χ1v) is 5.64. The number of hydrogen-bond acceptors (Lipinski definition) is 3. The topological polar surface area (TPSA) is 87.7 Å². The minimum Gasteiger partial charge on any atom is -0.506 e. The third-order valence-corrected chi connectivity index (χ3v) is 2.72. The number of rotatable bonds is 2. The number of carbonyl (C=O) groups excluding carboxylic acids is 1. The van der Waals surface area contributed by atoms with E-state index in [9.17, 15) is 9.90 Å². The van der Waals surface area contributed by atoms with Crippen LogP contribution in [0.25, 0.3) is 0 Å². The number of amides is 2. The molecule has 0 unspecified atom stereocenters. The third kappa shape index (κ3) is 3.67. The molecule has 0 aliphatic carbocycles. The van der Waals surface area contributed by atoms with Gasteiger partial charge in [0.05, 0.1) is 9.78 Å². The first kappa shape index (κ1) is 12.2. The number of halogens is 2. The highest BCUT2D eigenvalue weighted by molar-refractivity contribution is 14.1. The van der Waals surface area contributed by atoms with Crippen LogP contribution in [-0.4, -0.2) is 17.4 Å². The molecule has 80 valence electrons. The predicted molar refractivity (Wildman–Crippen MR) is 68.8 cm³/mol. The van der Waals surface area contributed by atoms with Gasteiger partial charge in [-0.3, -0.25) is 0 Å². The van der Waals surface area contributed by atoms with E-state index in [-0.39, 0.29) is 5.75 Å². The van der Waals surface area contributed by atoms with Crippen molar-refractivity contribution in [2.75, 3.05) is 0 Å². The molecule has 1 aromatic carbocycles. The van der Waals surface area contributed by atoms with Crippen molar-refractivity contribution >= 4 is 50.8 Å². The highest BCUT2D eigenvalue weighted by Gasteiger charge is 2.04. The first-order valence-electron chi connectivity index (χ1n) is 3.77. The van der Waals surface area contributed by atoms with Crippen LogP contribution in [0.2, 0.25) is 0 Å². The van der Waals surface area contributed by atoms with Gasteiger partial charge >= 0.3 is 6.03 Å². The smallest absolute Gasteiger partial charge is 0.332 e. The maximum Gasteiger partial charge on any atom is 0.332 e. The number of hydrogen-bond donors (Lipinski definition) is 3. The first-order chi connectivity index (χ1) is 7.00. The van der Waals surface area contributed by atoms with Crippen LogP contribution in [0.4, 0.5) is 4.79 Å². The Morgan fingerprint density at radius 2 is 2.33 bits per heavy atom. The summed E-state index contributed by atoms with van der Waals surface area (Å²) in [5.41, 5.74) is 7.35. The van der Waals surface area contributed by atoms with Crippen LogP contribution in [-0.2, 0) is 0 Å². The van der Waals surface area contributed by atoms with Crippen molar-refractivity contribution in [3.8, 4) is 5.75 Å². The van der Waals surface area contributed by atoms with E-state index in [1.165, 1.54) is 6.21 Å². The quantitative estimate of drug-likeness (QED) is 0.413. The lowest BCUT2D eigenvalue weighted by Gasteiger charge is -2.02. The summed E-state index contributed by atoms with van der Waals surface area (Å²) in [6.07, 6.45) is 1.31. The second-order valence-corrected chi connectivity index (χ2v) is 4.64. The van der Waals surface area contributed by atoms with Gasteiger partial charge in [-0.1, -0.05) is 15.9 Å². The molecule has 1 rings (SSSR count). The number of primary amides is 1. The fraction of sp³-hybridized carbons (Fsp3) is 0. The number of nitrogens with one attached hydrogen (secondary N) is 1. The fourth-order valence-corrected chi connectivity index (χ4v) is 2.40. The number of nitrogens with two attached hydrogens (primary N) is 1. The van der Waals surface area contributed by atoms with E-state index >= 15 is 0 Å². The number of phenols is 1. The molecule has 1 aromatic rings. The predicted octanol–water partition coefficient (Wildman–Crippen LogP) is 1.76. The second kappa shape index (κ2) is 5.31. The lowest BCUT2D eigenvalue weighted by Crippen LogP contribution is -2.24. The van der Waals surface area contributed by atoms with Crippen molar-refractivity contribution in [1.29, 1.82) is 0 Å². The largest absolute Gasteiger partial charge is 0.506 e. The van der Waals surface area contributed by atoms with Crippen LogP contribution in [0, 0.1) is 3.57 Å². The summed E-state index contributed by atoms with van der Waals surface area (Å²) in [4.78, 5) is 10.3. The molecule has 0 atom stereocenters. The average Bonchev–Trinajstić information content (AvgIpc) is 2.12. The van der Waals surface area contributed by atoms with Crippen LogP contribution in [0.1, 0.15) is 5.56 Å². The van der Waals surface area contributed by atoms with Crippen LogP contribution >= 0.6 is 38.5 Å². The van der Waals surface area contributed by atoms with Gasteiger partial charge in [-0.15, -0.1) is 0 Å². The van der Waals surface area contributed by atoms with Gasteiger partial charge < -0.3 is 10.8 Å². The van der Waals surface area contributed by atoms with Crippen LogP contribution in [0.15, 0.2) is 21.7 Å². The molecule has 0 aromatic heterocycles. The lowest BCUT2D eigenvalue weighted by atomic mass is 10.2. The summed E-state index contributed by atoms with van der Waals surface area (Å²) in [7, 11) is 0. The van der Waals surface area contributed by atoms with Gasteiger partial charge in [-0.05, 0) is 34.7 Å². The fourth-order valence-electron chi connectivity index (χ4n) is 0.850. The minimum atomic E-state index is -0.754. The van der Waals surface area contributed by atoms with Gasteiger partial charge in [0, 0.05) is 10.0 Å². The van der Waals surface area contributed by atoms with Crippen molar-refractivity contribution < 1.29 is 9.90 Å². The molecule has 0 heterocycles. The van der Waals surface area contributed by atoms with Gasteiger partial charge in [0.25, 0.3) is 0 Å². The van der Waals surface area contributed by atoms with E-state index in [0.717, 1.165) is 4.47 Å². The third-order valence-electron chi connectivity index (χ3n) is 1.44. The SMILES string of the molecule is NC(=O)NN=Cc1cc(Br)cc(I)c1O. The van der Waals surface area contributed by atoms with E-state index in [0.29, 0.717) is 9.13 Å². The monoisotopic (exact) mass is 383 g/mol. The molecule has 0 aliphatic heterocycles. The number of phenolic OH excluding ortho intramolecular Hbond substituents is 1. The molecule has 0 fully saturated rings. The van der Waals surface area contributed by atoms with Crippen LogP contribution in [0.5, 0.6) is 5.75 Å². The zero-order chi connectivity index (χ0) is 11.4. The number of benzene rings is 1. The van der Waals surface area contributed by atoms with Gasteiger partial charge in [-0.25, -0.2) is 10.2 Å². The van der Waals surface area contributed by atoms with Gasteiger partial charge in [0.1, 0.15) is 5.75 Å². The normalized spacial score (nSPS) is 10.5. The van der Waals surface area contributed by atoms with Gasteiger partial charge in [-0.2, -0.15) is 5.10 Å². The second-order valence-electron chi connectivity index (χ2n) is 2.56. The Morgan fingerprint density at radius 3 is 2.93 bits per heavy atom. The molecule has 0 aliphatic rings. The van der Waals surface area contributed by atoms with E-state index in [1.54, 1.807) is 12.1 Å². The van der Waals surface area contributed by atoms with Crippen LogP contribution in [0.3, 0.4) is 0 Å². The molecule has 0 radical (unpaired) electrons. The number of hydrazone groups is 1. The molecular weight excluding hydrogens is 377 g/mol. The number of urea groups is 1. The summed E-state index contributed by atoms with van der Waals surface area (Å²) in [6, 6.07) is 2.67. The molecule has 2 amide bonds. The summed E-state index contributed by atoms with van der Waals surface area (Å²) >= 11 is 5.27. The molecule has 7 heteroatoms. The van der Waals surface area contributed by atoms with E-state index < -0.39 is 6.03 Å². The Bertz CT molecular complexity index is 423. The Balaban J connectivity index is 2.94. The van der Waals surface area contributed by atoms with Gasteiger partial charge in [0.2, 0.25) is 0 Å². The molecule has 0 saturated heterocycles. The van der Waals surface area contributed by atoms with Crippen molar-refractivity contribution in [2.45, 2.75) is 0 Å². The zero-order valence-electron chi connectivity index (χ0n) is 7.37. The summed E-state index contributed by atoms with van der Waals surface area (Å²) < 4.78 is 1.49. The molecule has 4 N–H and O–H groups in total. The highest BCUT2D eigenvalue weighted by Crippen LogP contribution is 2.27. The Kier molecular flexibility index (Phi) is 4.33. The van der Waals surface area contributed by atoms with Gasteiger partial charge in [0.15, 0.2) is 0 Å². The molecule has 0 spiro atoms. The standard InChI is InChI=1S/C8H7BrIN3O2/c9-5-1-4(3-12-13-8(11)15)7(14)6(10)2-5/h1-3,14H,(H3,11,13,15). The van der Waals surface area contributed by atoms with Crippen molar-refractivity contribution in [3.63, 3.8) is 0 Å². The Labute approximate surface area is 108 Å². The number of carbonyl (C=O) groups is 1. The molecule has 15 heavy (non-hydrogen) atoms. The van der Waals surface area contributed by atoms with E-state index in [2.05, 4.69) is 21.0 Å². The molecule has 5 nitrogen and oxygen atoms in total.